The van der Waals surface area contributed by atoms with E-state index in [0.29, 0.717) is 10.8 Å². The zero-order valence-corrected chi connectivity index (χ0v) is 15.4. The average Bonchev–Trinajstić information content (AvgIpc) is 2.51. The summed E-state index contributed by atoms with van der Waals surface area (Å²) in [7, 11) is 0. The topological polar surface area (TPSA) is 50.4 Å². The van der Waals surface area contributed by atoms with E-state index in [1.54, 1.807) is 30.3 Å². The molecule has 0 aliphatic heterocycles. The Morgan fingerprint density at radius 3 is 2.61 bits per heavy atom. The summed E-state index contributed by atoms with van der Waals surface area (Å²) in [6.45, 7) is 1.83. The second-order valence-electron chi connectivity index (χ2n) is 4.71. The van der Waals surface area contributed by atoms with Crippen LogP contribution >= 0.6 is 39.7 Å². The fourth-order valence-electron chi connectivity index (χ4n) is 1.71. The van der Waals surface area contributed by atoms with Gasteiger partial charge < -0.3 is 10.1 Å². The van der Waals surface area contributed by atoms with E-state index >= 15 is 0 Å². The van der Waals surface area contributed by atoms with Crippen LogP contribution in [0.4, 0.5) is 5.69 Å². The van der Waals surface area contributed by atoms with Crippen LogP contribution in [-0.4, -0.2) is 17.6 Å². The van der Waals surface area contributed by atoms with E-state index in [-0.39, 0.29) is 17.6 Å². The number of hydrogen-bond donors (Lipinski definition) is 2. The molecule has 23 heavy (non-hydrogen) atoms. The largest absolute Gasteiger partial charge is 0.484 e. The van der Waals surface area contributed by atoms with Crippen molar-refractivity contribution in [2.45, 2.75) is 6.92 Å². The Morgan fingerprint density at radius 2 is 1.96 bits per heavy atom. The number of rotatable bonds is 4. The van der Waals surface area contributed by atoms with Gasteiger partial charge in [-0.2, -0.15) is 0 Å². The van der Waals surface area contributed by atoms with Crippen LogP contribution in [0.25, 0.3) is 0 Å². The number of thiocarbonyl (C=S) groups is 1. The molecule has 0 fully saturated rings. The molecule has 0 heterocycles. The number of benzene rings is 2. The van der Waals surface area contributed by atoms with Crippen molar-refractivity contribution in [3.63, 3.8) is 0 Å². The van der Waals surface area contributed by atoms with Gasteiger partial charge in [0.1, 0.15) is 5.75 Å². The highest BCUT2D eigenvalue weighted by Crippen LogP contribution is 2.21. The number of amides is 1. The van der Waals surface area contributed by atoms with Gasteiger partial charge in [-0.1, -0.05) is 27.5 Å². The Bertz CT molecular complexity index is 723. The maximum atomic E-state index is 11.8. The molecule has 1 amide bonds. The number of carbonyl (C=O) groups excluding carboxylic acids is 1. The molecule has 0 radical (unpaired) electrons. The average molecular weight is 414 g/mol. The van der Waals surface area contributed by atoms with E-state index in [2.05, 4.69) is 26.6 Å². The van der Waals surface area contributed by atoms with Crippen molar-refractivity contribution in [1.82, 2.24) is 5.32 Å². The van der Waals surface area contributed by atoms with Gasteiger partial charge in [-0.05, 0) is 67.2 Å². The van der Waals surface area contributed by atoms with Crippen LogP contribution in [0.15, 0.2) is 46.9 Å². The first-order chi connectivity index (χ1) is 10.9. The summed E-state index contributed by atoms with van der Waals surface area (Å²) in [5.74, 6) is 0.287. The first-order valence-electron chi connectivity index (χ1n) is 6.69. The number of anilines is 1. The fraction of sp³-hybridized carbons (Fsp3) is 0.125. The minimum atomic E-state index is -0.336. The molecule has 2 N–H and O–H groups in total. The van der Waals surface area contributed by atoms with Crippen LogP contribution < -0.4 is 15.4 Å². The number of nitrogens with one attached hydrogen (secondary N) is 2. The van der Waals surface area contributed by atoms with Gasteiger partial charge in [-0.3, -0.25) is 10.1 Å². The van der Waals surface area contributed by atoms with E-state index in [9.17, 15) is 4.79 Å². The predicted octanol–water partition coefficient (Wildman–Crippen LogP) is 4.30. The molecule has 0 unspecified atom stereocenters. The van der Waals surface area contributed by atoms with Gasteiger partial charge in [0.05, 0.1) is 0 Å². The third-order valence-corrected chi connectivity index (χ3v) is 4.20. The van der Waals surface area contributed by atoms with Crippen molar-refractivity contribution in [3.05, 3.63) is 57.5 Å². The first kappa shape index (κ1) is 17.7. The number of halogens is 2. The Morgan fingerprint density at radius 1 is 1.26 bits per heavy atom. The molecule has 120 valence electrons. The standard InChI is InChI=1S/C16H14BrClN2O2S/c1-10-8-13(6-7-14(10)17)22-9-15(21)20-16(23)19-12-4-2-11(18)3-5-12/h2-8H,9H2,1H3,(H2,19,20,21,23). The number of hydrogen-bond acceptors (Lipinski definition) is 3. The van der Waals surface area contributed by atoms with Gasteiger partial charge >= 0.3 is 0 Å². The van der Waals surface area contributed by atoms with Crippen molar-refractivity contribution < 1.29 is 9.53 Å². The molecule has 0 bridgehead atoms. The number of carbonyl (C=O) groups is 1. The van der Waals surface area contributed by atoms with Crippen molar-refractivity contribution in [1.29, 1.82) is 0 Å². The minimum absolute atomic E-state index is 0.122. The van der Waals surface area contributed by atoms with Gasteiger partial charge in [0.25, 0.3) is 5.91 Å². The third-order valence-electron chi connectivity index (χ3n) is 2.85. The second kappa shape index (κ2) is 8.29. The lowest BCUT2D eigenvalue weighted by Gasteiger charge is -2.11. The van der Waals surface area contributed by atoms with Crippen LogP contribution in [0.2, 0.25) is 5.02 Å². The summed E-state index contributed by atoms with van der Waals surface area (Å²) in [4.78, 5) is 11.8. The third kappa shape index (κ3) is 5.82. The SMILES string of the molecule is Cc1cc(OCC(=O)NC(=S)Nc2ccc(Cl)cc2)ccc1Br. The maximum Gasteiger partial charge on any atom is 0.264 e. The van der Waals surface area contributed by atoms with E-state index in [4.69, 9.17) is 28.6 Å². The Labute approximate surface area is 153 Å². The minimum Gasteiger partial charge on any atom is -0.484 e. The lowest BCUT2D eigenvalue weighted by atomic mass is 10.2. The lowest BCUT2D eigenvalue weighted by Crippen LogP contribution is -2.37. The van der Waals surface area contributed by atoms with Crippen LogP contribution in [0, 0.1) is 6.92 Å². The molecule has 2 aromatic rings. The van der Waals surface area contributed by atoms with E-state index in [0.717, 1.165) is 15.7 Å². The van der Waals surface area contributed by atoms with Gasteiger partial charge in [0.2, 0.25) is 0 Å². The molecule has 4 nitrogen and oxygen atoms in total. The zero-order chi connectivity index (χ0) is 16.8. The highest BCUT2D eigenvalue weighted by molar-refractivity contribution is 9.10. The van der Waals surface area contributed by atoms with Crippen LogP contribution in [0.3, 0.4) is 0 Å². The predicted molar refractivity (Wildman–Crippen MR) is 100 cm³/mol. The molecular weight excluding hydrogens is 400 g/mol. The Balaban J connectivity index is 1.80. The van der Waals surface area contributed by atoms with Gasteiger partial charge in [0, 0.05) is 15.2 Å². The summed E-state index contributed by atoms with van der Waals surface area (Å²) < 4.78 is 6.42. The molecule has 0 saturated heterocycles. The Hall–Kier alpha value is -1.63. The molecule has 0 saturated carbocycles. The van der Waals surface area contributed by atoms with E-state index in [1.807, 2.05) is 19.1 Å². The van der Waals surface area contributed by atoms with Gasteiger partial charge in [0.15, 0.2) is 11.7 Å². The molecule has 2 rings (SSSR count). The molecule has 0 aromatic heterocycles. The normalized spacial score (nSPS) is 10.0. The molecule has 0 aliphatic rings. The molecule has 2 aromatic carbocycles. The summed E-state index contributed by atoms with van der Waals surface area (Å²) in [6, 6.07) is 12.5. The number of aryl methyl sites for hydroxylation is 1. The van der Waals surface area contributed by atoms with E-state index in [1.165, 1.54) is 0 Å². The smallest absolute Gasteiger partial charge is 0.264 e. The van der Waals surface area contributed by atoms with Gasteiger partial charge in [-0.25, -0.2) is 0 Å². The van der Waals surface area contributed by atoms with Gasteiger partial charge in [-0.15, -0.1) is 0 Å². The summed E-state index contributed by atoms with van der Waals surface area (Å²) in [5, 5.41) is 6.28. The van der Waals surface area contributed by atoms with Crippen molar-refractivity contribution >= 4 is 56.5 Å². The number of ether oxygens (including phenoxy) is 1. The zero-order valence-electron chi connectivity index (χ0n) is 12.2. The highest BCUT2D eigenvalue weighted by Gasteiger charge is 2.07. The molecule has 0 spiro atoms. The quantitative estimate of drug-likeness (QED) is 0.734. The fourth-order valence-corrected chi connectivity index (χ4v) is 2.32. The first-order valence-corrected chi connectivity index (χ1v) is 8.27. The molecule has 7 heteroatoms. The Kier molecular flexibility index (Phi) is 6.38. The van der Waals surface area contributed by atoms with Crippen LogP contribution in [0.5, 0.6) is 5.75 Å². The lowest BCUT2D eigenvalue weighted by molar-refractivity contribution is -0.121. The van der Waals surface area contributed by atoms with Crippen LogP contribution in [-0.2, 0) is 4.79 Å². The van der Waals surface area contributed by atoms with Crippen molar-refractivity contribution in [3.8, 4) is 5.75 Å². The maximum absolute atomic E-state index is 11.8. The molecular formula is C16H14BrClN2O2S. The summed E-state index contributed by atoms with van der Waals surface area (Å²) >= 11 is 14.3. The van der Waals surface area contributed by atoms with Crippen molar-refractivity contribution in [2.24, 2.45) is 0 Å². The molecule has 0 aliphatic carbocycles. The van der Waals surface area contributed by atoms with Crippen molar-refractivity contribution in [2.75, 3.05) is 11.9 Å². The highest BCUT2D eigenvalue weighted by atomic mass is 79.9. The summed E-state index contributed by atoms with van der Waals surface area (Å²) in [6.07, 6.45) is 0. The van der Waals surface area contributed by atoms with E-state index < -0.39 is 0 Å². The monoisotopic (exact) mass is 412 g/mol. The molecule has 0 atom stereocenters. The van der Waals surface area contributed by atoms with Crippen LogP contribution in [0.1, 0.15) is 5.56 Å². The second-order valence-corrected chi connectivity index (χ2v) is 6.41. The summed E-state index contributed by atoms with van der Waals surface area (Å²) in [5.41, 5.74) is 1.77.